The van der Waals surface area contributed by atoms with Crippen molar-refractivity contribution in [2.24, 2.45) is 23.7 Å². The van der Waals surface area contributed by atoms with Crippen LogP contribution in [0.25, 0.3) is 22.3 Å². The SMILES string of the molecule is O=C(CCC1(CCC(=O)OCCOC(=O)C2CCCCC2C(=O)O)c2ccccc2-c2nc3ccccc3nc21)OCCOC(=O)C1CCCCC1C(=O)O. The van der Waals surface area contributed by atoms with Crippen LogP contribution in [0.2, 0.25) is 0 Å². The maximum Gasteiger partial charge on any atom is 0.309 e. The molecule has 2 saturated carbocycles. The molecule has 0 saturated heterocycles. The third kappa shape index (κ3) is 8.95. The fourth-order valence-corrected chi connectivity index (χ4v) is 8.39. The van der Waals surface area contributed by atoms with Crippen molar-refractivity contribution in [3.63, 3.8) is 0 Å². The molecular weight excluding hydrogens is 712 g/mol. The fourth-order valence-electron chi connectivity index (χ4n) is 8.39. The van der Waals surface area contributed by atoms with Crippen molar-refractivity contribution in [1.82, 2.24) is 9.97 Å². The molecule has 0 amide bonds. The summed E-state index contributed by atoms with van der Waals surface area (Å²) >= 11 is 0. The molecule has 2 aromatic carbocycles. The van der Waals surface area contributed by atoms with E-state index in [1.165, 1.54) is 0 Å². The number of carbonyl (C=O) groups is 6. The van der Waals surface area contributed by atoms with Gasteiger partial charge in [-0.3, -0.25) is 28.8 Å². The van der Waals surface area contributed by atoms with Crippen LogP contribution in [0.1, 0.15) is 88.3 Å². The van der Waals surface area contributed by atoms with E-state index in [0.717, 1.165) is 36.8 Å². The van der Waals surface area contributed by atoms with Crippen molar-refractivity contribution < 1.29 is 57.9 Å². The van der Waals surface area contributed by atoms with Crippen molar-refractivity contribution in [2.45, 2.75) is 82.5 Å². The first-order valence-electron chi connectivity index (χ1n) is 19.1. The van der Waals surface area contributed by atoms with Gasteiger partial charge in [0.2, 0.25) is 0 Å². The Kier molecular flexibility index (Phi) is 12.7. The Morgan fingerprint density at radius 2 is 1.02 bits per heavy atom. The molecule has 3 aliphatic rings. The third-order valence-corrected chi connectivity index (χ3v) is 11.2. The van der Waals surface area contributed by atoms with Gasteiger partial charge in [-0.05, 0) is 56.2 Å². The molecule has 0 radical (unpaired) electrons. The summed E-state index contributed by atoms with van der Waals surface area (Å²) in [6.45, 7) is -0.810. The van der Waals surface area contributed by atoms with Crippen LogP contribution in [0.5, 0.6) is 0 Å². The number of carboxylic acid groups (broad SMARTS) is 2. The molecule has 1 heterocycles. The van der Waals surface area contributed by atoms with E-state index in [0.29, 0.717) is 48.1 Å². The van der Waals surface area contributed by atoms with E-state index < -0.39 is 64.9 Å². The predicted molar refractivity (Wildman–Crippen MR) is 194 cm³/mol. The second-order valence-corrected chi connectivity index (χ2v) is 14.5. The number of para-hydroxylation sites is 2. The highest BCUT2D eigenvalue weighted by atomic mass is 16.6. The first kappa shape index (κ1) is 39.3. The highest BCUT2D eigenvalue weighted by Gasteiger charge is 2.46. The van der Waals surface area contributed by atoms with Gasteiger partial charge in [0.25, 0.3) is 0 Å². The number of carbonyl (C=O) groups excluding carboxylic acids is 4. The number of esters is 4. The highest BCUT2D eigenvalue weighted by Crippen LogP contribution is 2.52. The smallest absolute Gasteiger partial charge is 0.309 e. The maximum atomic E-state index is 13.2. The van der Waals surface area contributed by atoms with Gasteiger partial charge in [-0.2, -0.15) is 0 Å². The molecule has 14 nitrogen and oxygen atoms in total. The van der Waals surface area contributed by atoms with Gasteiger partial charge in [0.1, 0.15) is 26.4 Å². The molecule has 2 N–H and O–H groups in total. The predicted octanol–water partition coefficient (Wildman–Crippen LogP) is 5.41. The van der Waals surface area contributed by atoms with E-state index in [1.807, 2.05) is 48.5 Å². The topological polar surface area (TPSA) is 206 Å². The molecule has 4 unspecified atom stereocenters. The molecule has 14 heteroatoms. The Morgan fingerprint density at radius 3 is 1.53 bits per heavy atom. The quantitative estimate of drug-likeness (QED) is 0.106. The van der Waals surface area contributed by atoms with Gasteiger partial charge in [-0.15, -0.1) is 0 Å². The Balaban J connectivity index is 1.10. The van der Waals surface area contributed by atoms with Gasteiger partial charge >= 0.3 is 35.8 Å². The van der Waals surface area contributed by atoms with Gasteiger partial charge in [-0.1, -0.05) is 62.1 Å². The lowest BCUT2D eigenvalue weighted by Gasteiger charge is -2.30. The number of hydrogen-bond donors (Lipinski definition) is 2. The first-order valence-corrected chi connectivity index (χ1v) is 19.1. The molecule has 0 bridgehead atoms. The Hall–Kier alpha value is -5.40. The summed E-state index contributed by atoms with van der Waals surface area (Å²) in [6, 6.07) is 15.1. The van der Waals surface area contributed by atoms with Gasteiger partial charge in [0, 0.05) is 23.8 Å². The van der Waals surface area contributed by atoms with Crippen molar-refractivity contribution in [2.75, 3.05) is 26.4 Å². The molecule has 4 atom stereocenters. The zero-order valence-electron chi connectivity index (χ0n) is 30.6. The molecule has 55 heavy (non-hydrogen) atoms. The molecule has 292 valence electrons. The molecule has 1 aromatic heterocycles. The summed E-state index contributed by atoms with van der Waals surface area (Å²) in [5.74, 6) is -7.37. The average molecular weight is 759 g/mol. The number of benzene rings is 2. The summed E-state index contributed by atoms with van der Waals surface area (Å²) in [6.07, 6.45) is 4.99. The first-order chi connectivity index (χ1) is 26.6. The number of ether oxygens (including phenoxy) is 4. The molecule has 2 fully saturated rings. The lowest BCUT2D eigenvalue weighted by molar-refractivity contribution is -0.162. The number of aliphatic carboxylic acids is 2. The van der Waals surface area contributed by atoms with Crippen LogP contribution in [-0.2, 0) is 53.1 Å². The standard InChI is InChI=1S/C41H46N2O12/c44-33(52-21-23-54-39(50)27-11-3-1-9-25(27)37(46)47)17-19-41(20-18-34(45)53-22-24-55-40(51)28-12-4-2-10-26(28)38(48)49)30-14-6-5-13-29(30)35-36(41)43-32-16-8-7-15-31(32)42-35/h5-8,13-16,25-28H,1-4,9-12,17-24H2,(H,46,47)(H,48,49). The van der Waals surface area contributed by atoms with E-state index in [2.05, 4.69) is 0 Å². The number of nitrogens with zero attached hydrogens (tertiary/aromatic N) is 2. The minimum atomic E-state index is -1.02. The number of fused-ring (bicyclic) bond motifs is 4. The van der Waals surface area contributed by atoms with Crippen LogP contribution in [0, 0.1) is 23.7 Å². The van der Waals surface area contributed by atoms with Crippen molar-refractivity contribution >= 4 is 46.8 Å². The molecule has 6 rings (SSSR count). The molecule has 3 aliphatic carbocycles. The van der Waals surface area contributed by atoms with Crippen LogP contribution in [0.4, 0.5) is 0 Å². The number of aromatic nitrogens is 2. The van der Waals surface area contributed by atoms with Crippen LogP contribution in [0.3, 0.4) is 0 Å². The summed E-state index contributed by atoms with van der Waals surface area (Å²) in [5.41, 5.74) is 3.38. The zero-order chi connectivity index (χ0) is 39.0. The minimum absolute atomic E-state index is 0.0660. The largest absolute Gasteiger partial charge is 0.481 e. The fraction of sp³-hybridized carbons (Fsp3) is 0.512. The second kappa shape index (κ2) is 17.8. The molecular formula is C41H46N2O12. The van der Waals surface area contributed by atoms with E-state index in [1.54, 1.807) is 0 Å². The summed E-state index contributed by atoms with van der Waals surface area (Å²) in [5, 5.41) is 19.0. The third-order valence-electron chi connectivity index (χ3n) is 11.2. The van der Waals surface area contributed by atoms with Gasteiger partial charge in [0.05, 0.1) is 46.1 Å². The van der Waals surface area contributed by atoms with Crippen LogP contribution in [0.15, 0.2) is 48.5 Å². The highest BCUT2D eigenvalue weighted by molar-refractivity contribution is 5.85. The van der Waals surface area contributed by atoms with Gasteiger partial charge in [-0.25, -0.2) is 9.97 Å². The van der Waals surface area contributed by atoms with Crippen LogP contribution >= 0.6 is 0 Å². The summed E-state index contributed by atoms with van der Waals surface area (Å²) < 4.78 is 21.5. The second-order valence-electron chi connectivity index (χ2n) is 14.5. The lowest BCUT2D eigenvalue weighted by Crippen LogP contribution is -2.34. The van der Waals surface area contributed by atoms with Crippen molar-refractivity contribution in [1.29, 1.82) is 0 Å². The van der Waals surface area contributed by atoms with E-state index in [4.69, 9.17) is 28.9 Å². The Labute approximate surface area is 317 Å². The number of hydrogen-bond acceptors (Lipinski definition) is 12. The molecule has 0 aliphatic heterocycles. The van der Waals surface area contributed by atoms with Gasteiger partial charge < -0.3 is 29.2 Å². The lowest BCUT2D eigenvalue weighted by atomic mass is 9.73. The average Bonchev–Trinajstić information content (AvgIpc) is 3.46. The van der Waals surface area contributed by atoms with Crippen LogP contribution < -0.4 is 0 Å². The monoisotopic (exact) mass is 758 g/mol. The summed E-state index contributed by atoms with van der Waals surface area (Å²) in [7, 11) is 0. The Morgan fingerprint density at radius 1 is 0.582 bits per heavy atom. The molecule has 3 aromatic rings. The van der Waals surface area contributed by atoms with Crippen molar-refractivity contribution in [3.05, 3.63) is 59.8 Å². The van der Waals surface area contributed by atoms with Gasteiger partial charge in [0.15, 0.2) is 0 Å². The van der Waals surface area contributed by atoms with E-state index >= 15 is 0 Å². The number of rotatable bonds is 16. The van der Waals surface area contributed by atoms with E-state index in [9.17, 15) is 39.0 Å². The maximum absolute atomic E-state index is 13.2. The normalized spacial score (nSPS) is 22.8. The zero-order valence-corrected chi connectivity index (χ0v) is 30.6. The van der Waals surface area contributed by atoms with Crippen molar-refractivity contribution in [3.8, 4) is 11.3 Å². The minimum Gasteiger partial charge on any atom is -0.481 e. The number of carboxylic acids is 2. The van der Waals surface area contributed by atoms with E-state index in [-0.39, 0.29) is 52.1 Å². The van der Waals surface area contributed by atoms with Crippen LogP contribution in [-0.4, -0.2) is 82.4 Å². The Bertz CT molecular complexity index is 1860. The summed E-state index contributed by atoms with van der Waals surface area (Å²) in [4.78, 5) is 84.8. The molecule has 0 spiro atoms.